The van der Waals surface area contributed by atoms with Gasteiger partial charge in [0.05, 0.1) is 16.3 Å². The van der Waals surface area contributed by atoms with E-state index in [2.05, 4.69) is 10.5 Å². The van der Waals surface area contributed by atoms with Gasteiger partial charge in [0.2, 0.25) is 0 Å². The fraction of sp³-hybridized carbons (Fsp3) is 0.105. The zero-order valence-corrected chi connectivity index (χ0v) is 15.7. The minimum absolute atomic E-state index is 0.260. The topological polar surface area (TPSA) is 80.9 Å². The number of benzene rings is 2. The molecule has 1 heterocycles. The normalized spacial score (nSPS) is 11.4. The van der Waals surface area contributed by atoms with Crippen LogP contribution in [0.1, 0.15) is 12.5 Å². The lowest BCUT2D eigenvalue weighted by Gasteiger charge is -2.07. The van der Waals surface area contributed by atoms with E-state index in [9.17, 15) is 9.59 Å². The Bertz CT molecular complexity index is 1090. The number of amides is 1. The van der Waals surface area contributed by atoms with Gasteiger partial charge in [-0.15, -0.1) is 0 Å². The monoisotopic (exact) mass is 404 g/mol. The van der Waals surface area contributed by atoms with Crippen molar-refractivity contribution in [3.05, 3.63) is 74.6 Å². The smallest absolute Gasteiger partial charge is 0.345 e. The van der Waals surface area contributed by atoms with Crippen LogP contribution in [0.3, 0.4) is 0 Å². The molecule has 1 N–H and O–H groups in total. The van der Waals surface area contributed by atoms with E-state index in [1.54, 1.807) is 37.3 Å². The lowest BCUT2D eigenvalue weighted by Crippen LogP contribution is -2.26. The fourth-order valence-electron chi connectivity index (χ4n) is 2.29. The molecule has 8 heteroatoms. The third-order valence-electron chi connectivity index (χ3n) is 3.63. The van der Waals surface area contributed by atoms with Gasteiger partial charge in [0.15, 0.2) is 6.61 Å². The molecule has 0 saturated carbocycles. The molecular weight excluding hydrogens is 391 g/mol. The van der Waals surface area contributed by atoms with Crippen molar-refractivity contribution in [2.75, 3.05) is 6.61 Å². The van der Waals surface area contributed by atoms with Crippen LogP contribution in [0, 0.1) is 0 Å². The summed E-state index contributed by atoms with van der Waals surface area (Å²) in [5, 5.41) is 5.45. The van der Waals surface area contributed by atoms with Crippen LogP contribution >= 0.6 is 23.2 Å². The maximum atomic E-state index is 12.1. The van der Waals surface area contributed by atoms with Gasteiger partial charge in [0.25, 0.3) is 5.91 Å². The van der Waals surface area contributed by atoms with E-state index in [4.69, 9.17) is 32.4 Å². The average molecular weight is 405 g/mol. The Morgan fingerprint density at radius 1 is 1.19 bits per heavy atom. The Labute approximate surface area is 164 Å². The number of hydrazone groups is 1. The SMILES string of the molecule is C/C(=N/NC(=O)COc1ccc(Cl)cc1Cl)c1cc2ccccc2oc1=O. The third kappa shape index (κ3) is 4.67. The van der Waals surface area contributed by atoms with Crippen molar-refractivity contribution in [1.29, 1.82) is 0 Å². The van der Waals surface area contributed by atoms with Crippen LogP contribution in [-0.4, -0.2) is 18.2 Å². The van der Waals surface area contributed by atoms with Gasteiger partial charge in [-0.3, -0.25) is 4.79 Å². The van der Waals surface area contributed by atoms with E-state index in [-0.39, 0.29) is 12.2 Å². The van der Waals surface area contributed by atoms with Gasteiger partial charge >= 0.3 is 5.63 Å². The van der Waals surface area contributed by atoms with Gasteiger partial charge in [-0.2, -0.15) is 5.10 Å². The molecule has 0 unspecified atom stereocenters. The highest BCUT2D eigenvalue weighted by Gasteiger charge is 2.10. The highest BCUT2D eigenvalue weighted by Crippen LogP contribution is 2.27. The molecule has 0 aliphatic rings. The maximum Gasteiger partial charge on any atom is 0.345 e. The summed E-state index contributed by atoms with van der Waals surface area (Å²) in [6.07, 6.45) is 0. The number of ether oxygens (including phenoxy) is 1. The average Bonchev–Trinajstić information content (AvgIpc) is 2.64. The number of rotatable bonds is 5. The number of nitrogens with zero attached hydrogens (tertiary/aromatic N) is 1. The zero-order valence-electron chi connectivity index (χ0n) is 14.2. The highest BCUT2D eigenvalue weighted by molar-refractivity contribution is 6.35. The van der Waals surface area contributed by atoms with Gasteiger partial charge < -0.3 is 9.15 Å². The van der Waals surface area contributed by atoms with Crippen LogP contribution in [0.15, 0.2) is 62.8 Å². The number of hydrogen-bond donors (Lipinski definition) is 1. The number of hydrogen-bond acceptors (Lipinski definition) is 5. The van der Waals surface area contributed by atoms with Crippen molar-refractivity contribution >= 4 is 45.8 Å². The number of halogens is 2. The van der Waals surface area contributed by atoms with Gasteiger partial charge in [-0.25, -0.2) is 10.2 Å². The molecular formula is C19H14Cl2N2O4. The quantitative estimate of drug-likeness (QED) is 0.395. The summed E-state index contributed by atoms with van der Waals surface area (Å²) < 4.78 is 10.6. The lowest BCUT2D eigenvalue weighted by molar-refractivity contribution is -0.123. The molecule has 0 atom stereocenters. The molecule has 0 bridgehead atoms. The first-order valence-corrected chi connectivity index (χ1v) is 8.64. The summed E-state index contributed by atoms with van der Waals surface area (Å²) in [6, 6.07) is 13.5. The lowest BCUT2D eigenvalue weighted by atomic mass is 10.1. The van der Waals surface area contributed by atoms with E-state index in [1.807, 2.05) is 12.1 Å². The number of carbonyl (C=O) groups is 1. The van der Waals surface area contributed by atoms with Crippen molar-refractivity contribution in [3.8, 4) is 5.75 Å². The van der Waals surface area contributed by atoms with Crippen LogP contribution in [-0.2, 0) is 4.79 Å². The molecule has 0 aliphatic heterocycles. The van der Waals surface area contributed by atoms with Crippen LogP contribution in [0.2, 0.25) is 10.0 Å². The minimum atomic E-state index is -0.534. The van der Waals surface area contributed by atoms with Crippen molar-refractivity contribution in [3.63, 3.8) is 0 Å². The molecule has 138 valence electrons. The second-order valence-electron chi connectivity index (χ2n) is 5.58. The molecule has 3 aromatic rings. The van der Waals surface area contributed by atoms with Crippen LogP contribution in [0.25, 0.3) is 11.0 Å². The molecule has 0 radical (unpaired) electrons. The number of nitrogens with one attached hydrogen (secondary N) is 1. The predicted molar refractivity (Wildman–Crippen MR) is 105 cm³/mol. The number of para-hydroxylation sites is 1. The molecule has 0 aliphatic carbocycles. The van der Waals surface area contributed by atoms with E-state index >= 15 is 0 Å². The first-order chi connectivity index (χ1) is 12.9. The first kappa shape index (κ1) is 18.9. The predicted octanol–water partition coefficient (Wildman–Crippen LogP) is 4.02. The molecule has 0 spiro atoms. The molecule has 2 aromatic carbocycles. The van der Waals surface area contributed by atoms with Gasteiger partial charge in [0, 0.05) is 10.4 Å². The molecule has 0 fully saturated rings. The third-order valence-corrected chi connectivity index (χ3v) is 4.16. The van der Waals surface area contributed by atoms with E-state index in [0.29, 0.717) is 27.1 Å². The molecule has 1 aromatic heterocycles. The second kappa shape index (κ2) is 8.24. The van der Waals surface area contributed by atoms with Crippen LogP contribution in [0.5, 0.6) is 5.75 Å². The Balaban J connectivity index is 1.67. The van der Waals surface area contributed by atoms with Crippen molar-refractivity contribution in [2.45, 2.75) is 6.92 Å². The van der Waals surface area contributed by atoms with Gasteiger partial charge in [0.1, 0.15) is 11.3 Å². The zero-order chi connectivity index (χ0) is 19.4. The van der Waals surface area contributed by atoms with Gasteiger partial charge in [-0.1, -0.05) is 41.4 Å². The summed E-state index contributed by atoms with van der Waals surface area (Å²) >= 11 is 11.8. The van der Waals surface area contributed by atoms with Crippen molar-refractivity contribution in [1.82, 2.24) is 5.43 Å². The van der Waals surface area contributed by atoms with E-state index in [1.165, 1.54) is 6.07 Å². The summed E-state index contributed by atoms with van der Waals surface area (Å²) in [6.45, 7) is 1.29. The Hall–Kier alpha value is -2.83. The minimum Gasteiger partial charge on any atom is -0.482 e. The van der Waals surface area contributed by atoms with Crippen molar-refractivity contribution < 1.29 is 13.9 Å². The molecule has 6 nitrogen and oxygen atoms in total. The summed E-state index contributed by atoms with van der Waals surface area (Å²) in [4.78, 5) is 24.0. The summed E-state index contributed by atoms with van der Waals surface area (Å²) in [5.74, 6) is -0.183. The summed E-state index contributed by atoms with van der Waals surface area (Å²) in [5.41, 5.74) is 2.85. The van der Waals surface area contributed by atoms with E-state index < -0.39 is 11.5 Å². The molecule has 1 amide bonds. The molecule has 27 heavy (non-hydrogen) atoms. The number of carbonyl (C=O) groups excluding carboxylic acids is 1. The standard InChI is InChI=1S/C19H14Cl2N2O4/c1-11(14-8-12-4-2-3-5-16(12)27-19(14)25)22-23-18(24)10-26-17-7-6-13(20)9-15(17)21/h2-9H,10H2,1H3,(H,23,24)/b22-11-. The molecule has 3 rings (SSSR count). The Morgan fingerprint density at radius 2 is 1.96 bits per heavy atom. The summed E-state index contributed by atoms with van der Waals surface area (Å²) in [7, 11) is 0. The Kier molecular flexibility index (Phi) is 5.78. The Morgan fingerprint density at radius 3 is 2.74 bits per heavy atom. The number of fused-ring (bicyclic) bond motifs is 1. The second-order valence-corrected chi connectivity index (χ2v) is 6.42. The largest absolute Gasteiger partial charge is 0.482 e. The van der Waals surface area contributed by atoms with Crippen LogP contribution < -0.4 is 15.8 Å². The molecule has 0 saturated heterocycles. The maximum absolute atomic E-state index is 12.1. The highest BCUT2D eigenvalue weighted by atomic mass is 35.5. The van der Waals surface area contributed by atoms with Crippen molar-refractivity contribution in [2.24, 2.45) is 5.10 Å². The van der Waals surface area contributed by atoms with Gasteiger partial charge in [-0.05, 0) is 37.3 Å². The van der Waals surface area contributed by atoms with Crippen LogP contribution in [0.4, 0.5) is 0 Å². The first-order valence-electron chi connectivity index (χ1n) is 7.88. The fourth-order valence-corrected chi connectivity index (χ4v) is 2.75. The van der Waals surface area contributed by atoms with E-state index in [0.717, 1.165) is 5.39 Å².